The molecule has 0 saturated heterocycles. The highest BCUT2D eigenvalue weighted by atomic mass is 16.3. The van der Waals surface area contributed by atoms with Gasteiger partial charge >= 0.3 is 0 Å². The first-order valence-electron chi connectivity index (χ1n) is 5.67. The smallest absolute Gasteiger partial charge is 0.268 e. The zero-order chi connectivity index (χ0) is 11.1. The number of rotatable bonds is 3. The summed E-state index contributed by atoms with van der Waals surface area (Å²) in [6, 6.07) is 4.10. The van der Waals surface area contributed by atoms with Gasteiger partial charge in [-0.3, -0.25) is 4.79 Å². The summed E-state index contributed by atoms with van der Waals surface area (Å²) in [6.07, 6.45) is 3.86. The summed E-state index contributed by atoms with van der Waals surface area (Å²) in [7, 11) is 0. The van der Waals surface area contributed by atoms with E-state index in [2.05, 4.69) is 5.32 Å². The Labute approximate surface area is 93.2 Å². The first-order valence-corrected chi connectivity index (χ1v) is 5.67. The number of hydrogen-bond acceptors (Lipinski definition) is 2. The molecule has 2 aromatic heterocycles. The molecule has 2 aromatic rings. The Morgan fingerprint density at radius 2 is 2.44 bits per heavy atom. The third-order valence-electron chi connectivity index (χ3n) is 2.98. The molecule has 0 bridgehead atoms. The van der Waals surface area contributed by atoms with Crippen molar-refractivity contribution in [1.82, 2.24) is 9.88 Å². The van der Waals surface area contributed by atoms with E-state index in [4.69, 9.17) is 4.42 Å². The van der Waals surface area contributed by atoms with E-state index in [0.717, 1.165) is 30.5 Å². The average molecular weight is 218 g/mol. The van der Waals surface area contributed by atoms with E-state index in [9.17, 15) is 4.79 Å². The molecular weight excluding hydrogens is 204 g/mol. The van der Waals surface area contributed by atoms with E-state index in [0.29, 0.717) is 11.7 Å². The van der Waals surface area contributed by atoms with Gasteiger partial charge in [-0.05, 0) is 19.8 Å². The second-order valence-corrected chi connectivity index (χ2v) is 4.19. The van der Waals surface area contributed by atoms with Gasteiger partial charge in [0.15, 0.2) is 5.58 Å². The number of amides is 1. The lowest BCUT2D eigenvalue weighted by atomic mass is 10.4. The molecule has 1 N–H and O–H groups in total. The van der Waals surface area contributed by atoms with Crippen LogP contribution >= 0.6 is 0 Å². The summed E-state index contributed by atoms with van der Waals surface area (Å²) in [5, 5.41) is 2.99. The van der Waals surface area contributed by atoms with E-state index in [1.165, 1.54) is 0 Å². The Morgan fingerprint density at radius 1 is 1.62 bits per heavy atom. The SMILES string of the molecule is CCn1c(C(=O)NC2CC2)cc2occc21. The molecule has 84 valence electrons. The number of furan rings is 1. The van der Waals surface area contributed by atoms with Gasteiger partial charge < -0.3 is 14.3 Å². The molecule has 0 aliphatic heterocycles. The topological polar surface area (TPSA) is 47.2 Å². The summed E-state index contributed by atoms with van der Waals surface area (Å²) >= 11 is 0. The number of aryl methyl sites for hydroxylation is 1. The number of hydrogen-bond donors (Lipinski definition) is 1. The fraction of sp³-hybridized carbons (Fsp3) is 0.417. The minimum atomic E-state index is 0.00995. The van der Waals surface area contributed by atoms with Crippen molar-refractivity contribution in [3.8, 4) is 0 Å². The monoisotopic (exact) mass is 218 g/mol. The number of fused-ring (bicyclic) bond motifs is 1. The van der Waals surface area contributed by atoms with Crippen LogP contribution in [0.3, 0.4) is 0 Å². The highest BCUT2D eigenvalue weighted by molar-refractivity contribution is 5.97. The van der Waals surface area contributed by atoms with Gasteiger partial charge in [-0.1, -0.05) is 0 Å². The maximum atomic E-state index is 12.0. The van der Waals surface area contributed by atoms with Gasteiger partial charge in [-0.15, -0.1) is 0 Å². The van der Waals surface area contributed by atoms with Gasteiger partial charge in [0.2, 0.25) is 0 Å². The van der Waals surface area contributed by atoms with Crippen LogP contribution in [-0.2, 0) is 6.54 Å². The summed E-state index contributed by atoms with van der Waals surface area (Å²) < 4.78 is 7.29. The fourth-order valence-electron chi connectivity index (χ4n) is 1.99. The van der Waals surface area contributed by atoms with Crippen molar-refractivity contribution in [1.29, 1.82) is 0 Å². The molecule has 4 heteroatoms. The third-order valence-corrected chi connectivity index (χ3v) is 2.98. The van der Waals surface area contributed by atoms with E-state index in [-0.39, 0.29) is 5.91 Å². The lowest BCUT2D eigenvalue weighted by Crippen LogP contribution is -2.27. The van der Waals surface area contributed by atoms with Crippen molar-refractivity contribution >= 4 is 17.0 Å². The number of carbonyl (C=O) groups is 1. The van der Waals surface area contributed by atoms with Crippen LogP contribution in [0.2, 0.25) is 0 Å². The Kier molecular flexibility index (Phi) is 2.02. The number of aromatic nitrogens is 1. The van der Waals surface area contributed by atoms with Gasteiger partial charge in [-0.25, -0.2) is 0 Å². The molecule has 0 spiro atoms. The van der Waals surface area contributed by atoms with Gasteiger partial charge in [0, 0.05) is 24.7 Å². The van der Waals surface area contributed by atoms with Crippen LogP contribution in [0.5, 0.6) is 0 Å². The van der Waals surface area contributed by atoms with Crippen LogP contribution in [0.1, 0.15) is 30.3 Å². The Balaban J connectivity index is 2.00. The molecule has 0 unspecified atom stereocenters. The first kappa shape index (κ1) is 9.51. The molecule has 4 nitrogen and oxygen atoms in total. The second kappa shape index (κ2) is 3.40. The Morgan fingerprint density at radius 3 is 3.12 bits per heavy atom. The maximum absolute atomic E-state index is 12.0. The van der Waals surface area contributed by atoms with Crippen LogP contribution < -0.4 is 5.32 Å². The maximum Gasteiger partial charge on any atom is 0.268 e. The van der Waals surface area contributed by atoms with E-state index >= 15 is 0 Å². The molecule has 1 aliphatic carbocycles. The minimum absolute atomic E-state index is 0.00995. The predicted molar refractivity (Wildman–Crippen MR) is 60.4 cm³/mol. The van der Waals surface area contributed by atoms with E-state index in [1.54, 1.807) is 6.26 Å². The average Bonchev–Trinajstić information content (AvgIpc) is 2.85. The zero-order valence-corrected chi connectivity index (χ0v) is 9.19. The van der Waals surface area contributed by atoms with Crippen molar-refractivity contribution in [2.75, 3.05) is 0 Å². The second-order valence-electron chi connectivity index (χ2n) is 4.19. The van der Waals surface area contributed by atoms with E-state index in [1.807, 2.05) is 23.6 Å². The summed E-state index contributed by atoms with van der Waals surface area (Å²) in [5.74, 6) is 0.00995. The quantitative estimate of drug-likeness (QED) is 0.858. The summed E-state index contributed by atoms with van der Waals surface area (Å²) in [5.41, 5.74) is 2.47. The standard InChI is InChI=1S/C12H14N2O2/c1-2-14-9-5-6-16-11(9)7-10(14)12(15)13-8-3-4-8/h5-8H,2-4H2,1H3,(H,13,15). The van der Waals surface area contributed by atoms with Crippen LogP contribution in [0.4, 0.5) is 0 Å². The third kappa shape index (κ3) is 1.41. The molecular formula is C12H14N2O2. The van der Waals surface area contributed by atoms with Crippen LogP contribution in [0.15, 0.2) is 22.8 Å². The molecule has 1 fully saturated rings. The van der Waals surface area contributed by atoms with Crippen molar-refractivity contribution < 1.29 is 9.21 Å². The Bertz CT molecular complexity index is 534. The van der Waals surface area contributed by atoms with Crippen LogP contribution in [0, 0.1) is 0 Å². The highest BCUT2D eigenvalue weighted by Gasteiger charge is 2.25. The number of nitrogens with zero attached hydrogens (tertiary/aromatic N) is 1. The molecule has 0 aromatic carbocycles. The Hall–Kier alpha value is -1.71. The van der Waals surface area contributed by atoms with Crippen molar-refractivity contribution in [3.63, 3.8) is 0 Å². The van der Waals surface area contributed by atoms with Gasteiger partial charge in [0.1, 0.15) is 5.69 Å². The largest absolute Gasteiger partial charge is 0.463 e. The van der Waals surface area contributed by atoms with Gasteiger partial charge in [0.25, 0.3) is 5.91 Å². The van der Waals surface area contributed by atoms with Gasteiger partial charge in [0.05, 0.1) is 11.8 Å². The lowest BCUT2D eigenvalue weighted by Gasteiger charge is -2.06. The number of carbonyl (C=O) groups excluding carboxylic acids is 1. The normalized spacial score (nSPS) is 15.6. The molecule has 1 amide bonds. The predicted octanol–water partition coefficient (Wildman–Crippen LogP) is 2.15. The molecule has 0 radical (unpaired) electrons. The van der Waals surface area contributed by atoms with Crippen molar-refractivity contribution in [2.45, 2.75) is 32.4 Å². The summed E-state index contributed by atoms with van der Waals surface area (Å²) in [6.45, 7) is 2.80. The minimum Gasteiger partial charge on any atom is -0.463 e. The first-order chi connectivity index (χ1) is 7.79. The zero-order valence-electron chi connectivity index (χ0n) is 9.19. The lowest BCUT2D eigenvalue weighted by molar-refractivity contribution is 0.0942. The molecule has 0 atom stereocenters. The van der Waals surface area contributed by atoms with Crippen molar-refractivity contribution in [2.24, 2.45) is 0 Å². The molecule has 16 heavy (non-hydrogen) atoms. The van der Waals surface area contributed by atoms with Crippen LogP contribution in [-0.4, -0.2) is 16.5 Å². The molecule has 1 saturated carbocycles. The molecule has 3 rings (SSSR count). The number of nitrogens with one attached hydrogen (secondary N) is 1. The van der Waals surface area contributed by atoms with Crippen LogP contribution in [0.25, 0.3) is 11.1 Å². The van der Waals surface area contributed by atoms with Gasteiger partial charge in [-0.2, -0.15) is 0 Å². The fourth-order valence-corrected chi connectivity index (χ4v) is 1.99. The van der Waals surface area contributed by atoms with E-state index < -0.39 is 0 Å². The summed E-state index contributed by atoms with van der Waals surface area (Å²) in [4.78, 5) is 12.0. The molecule has 2 heterocycles. The molecule has 1 aliphatic rings. The van der Waals surface area contributed by atoms with Crippen molar-refractivity contribution in [3.05, 3.63) is 24.1 Å². The highest BCUT2D eigenvalue weighted by Crippen LogP contribution is 2.23.